The third-order valence-electron chi connectivity index (χ3n) is 6.33. The maximum Gasteiger partial charge on any atom is 0.459 e. The highest BCUT2D eigenvalue weighted by Gasteiger charge is 2.81. The molecule has 2 fully saturated rings. The summed E-state index contributed by atoms with van der Waals surface area (Å²) in [5, 5.41) is 13.0. The molecule has 0 amide bonds. The number of benzene rings is 1. The normalized spacial score (nSPS) is 30.4. The second-order valence-corrected chi connectivity index (χ2v) is 11.4. The number of ether oxygens (including phenoxy) is 2. The SMILES string of the molecule is CC(C)OC(=O)[C@H](C)NP(=O)(OCC12O[C@@H](n3cc(F)c(N)nc3=O)C(C)(F)C1[C@H]2O)Oc1ccccc1. The Kier molecular flexibility index (Phi) is 7.40. The maximum absolute atomic E-state index is 15.8. The molecule has 4 N–H and O–H groups in total. The standard InChI is InChI=1S/C23H29F2N4O8P/c1-12(2)35-19(31)13(3)28-38(33,37-14-8-6-5-7-9-14)34-11-23-16(17(23)30)22(4,25)20(36-23)29-10-15(24)18(26)27-21(29)32/h5-10,12-13,16-17,20,30H,11H2,1-4H3,(H,28,33)(H2,26,27,32)/t13-,16?,17+,20+,22?,23?,38?/m0/s1. The van der Waals surface area contributed by atoms with E-state index in [-0.39, 0.29) is 5.75 Å². The largest absolute Gasteiger partial charge is 0.462 e. The van der Waals surface area contributed by atoms with Gasteiger partial charge in [-0.15, -0.1) is 0 Å². The highest BCUT2D eigenvalue weighted by atomic mass is 31.2. The van der Waals surface area contributed by atoms with Crippen molar-refractivity contribution in [2.24, 2.45) is 5.92 Å². The van der Waals surface area contributed by atoms with Gasteiger partial charge in [0.15, 0.2) is 23.5 Å². The average molecular weight is 558 g/mol. The minimum Gasteiger partial charge on any atom is -0.462 e. The molecule has 0 radical (unpaired) electrons. The lowest BCUT2D eigenvalue weighted by Crippen LogP contribution is -2.41. The van der Waals surface area contributed by atoms with Crippen LogP contribution in [-0.4, -0.2) is 56.8 Å². The number of nitrogens with one attached hydrogen (secondary N) is 1. The second-order valence-electron chi connectivity index (χ2n) is 9.67. The number of nitrogens with zero attached hydrogens (tertiary/aromatic N) is 2. The van der Waals surface area contributed by atoms with Crippen LogP contribution in [0.4, 0.5) is 14.6 Å². The first-order valence-electron chi connectivity index (χ1n) is 11.8. The van der Waals surface area contributed by atoms with Crippen LogP contribution >= 0.6 is 7.75 Å². The maximum atomic E-state index is 15.8. The van der Waals surface area contributed by atoms with E-state index >= 15 is 4.39 Å². The number of nitrogens with two attached hydrogens (primary N) is 1. The van der Waals surface area contributed by atoms with E-state index in [2.05, 4.69) is 10.1 Å². The Morgan fingerprint density at radius 1 is 1.34 bits per heavy atom. The molecule has 1 saturated carbocycles. The van der Waals surface area contributed by atoms with Crippen molar-refractivity contribution in [1.29, 1.82) is 0 Å². The summed E-state index contributed by atoms with van der Waals surface area (Å²) in [4.78, 5) is 27.9. The van der Waals surface area contributed by atoms with Gasteiger partial charge in [-0.3, -0.25) is 13.9 Å². The molecule has 4 unspecified atom stereocenters. The summed E-state index contributed by atoms with van der Waals surface area (Å²) in [5.74, 6) is -3.56. The highest BCUT2D eigenvalue weighted by molar-refractivity contribution is 7.52. The molecule has 1 aliphatic heterocycles. The monoisotopic (exact) mass is 558 g/mol. The van der Waals surface area contributed by atoms with E-state index in [0.717, 1.165) is 6.92 Å². The van der Waals surface area contributed by atoms with Gasteiger partial charge in [-0.2, -0.15) is 10.1 Å². The molecule has 0 bridgehead atoms. The molecule has 2 heterocycles. The molecule has 0 spiro atoms. The van der Waals surface area contributed by atoms with E-state index in [0.29, 0.717) is 10.8 Å². The summed E-state index contributed by atoms with van der Waals surface area (Å²) in [5.41, 5.74) is 0.0943. The second kappa shape index (κ2) is 10.0. The van der Waals surface area contributed by atoms with Gasteiger partial charge in [-0.05, 0) is 39.8 Å². The first-order chi connectivity index (χ1) is 17.7. The van der Waals surface area contributed by atoms with Crippen molar-refractivity contribution in [3.05, 3.63) is 52.8 Å². The van der Waals surface area contributed by atoms with Gasteiger partial charge in [0.25, 0.3) is 0 Å². The number of hydrogen-bond donors (Lipinski definition) is 3. The van der Waals surface area contributed by atoms with Crippen molar-refractivity contribution in [1.82, 2.24) is 14.6 Å². The van der Waals surface area contributed by atoms with Crippen molar-refractivity contribution >= 4 is 19.5 Å². The Morgan fingerprint density at radius 3 is 2.63 bits per heavy atom. The number of para-hydroxylation sites is 1. The minimum absolute atomic E-state index is 0.133. The van der Waals surface area contributed by atoms with E-state index in [1.54, 1.807) is 32.0 Å². The number of rotatable bonds is 10. The highest BCUT2D eigenvalue weighted by Crippen LogP contribution is 2.66. The first-order valence-corrected chi connectivity index (χ1v) is 13.3. The van der Waals surface area contributed by atoms with Crippen LogP contribution < -0.4 is 21.0 Å². The number of anilines is 1. The molecular formula is C23H29F2N4O8P. The van der Waals surface area contributed by atoms with Gasteiger partial charge in [-0.1, -0.05) is 18.2 Å². The Morgan fingerprint density at radius 2 is 2.00 bits per heavy atom. The molecule has 7 atom stereocenters. The first kappa shape index (κ1) is 28.1. The zero-order valence-corrected chi connectivity index (χ0v) is 21.9. The van der Waals surface area contributed by atoms with Gasteiger partial charge < -0.3 is 24.8 Å². The molecule has 2 aromatic rings. The predicted octanol–water partition coefficient (Wildman–Crippen LogP) is 2.08. The van der Waals surface area contributed by atoms with Gasteiger partial charge in [0.2, 0.25) is 0 Å². The van der Waals surface area contributed by atoms with Gasteiger partial charge in [0.1, 0.15) is 17.4 Å². The Hall–Kier alpha value is -2.90. The lowest BCUT2D eigenvalue weighted by atomic mass is 10.0. The van der Waals surface area contributed by atoms with Crippen molar-refractivity contribution < 1.29 is 41.8 Å². The van der Waals surface area contributed by atoms with Crippen LogP contribution in [0.25, 0.3) is 0 Å². The number of aliphatic hydroxyl groups is 1. The molecule has 208 valence electrons. The molecule has 1 aliphatic carbocycles. The zero-order valence-electron chi connectivity index (χ0n) is 21.0. The van der Waals surface area contributed by atoms with Crippen LogP contribution in [0.2, 0.25) is 0 Å². The molecule has 15 heteroatoms. The quantitative estimate of drug-likeness (QED) is 0.289. The number of aliphatic hydroxyl groups excluding tert-OH is 1. The van der Waals surface area contributed by atoms with Gasteiger partial charge in [0.05, 0.1) is 30.9 Å². The van der Waals surface area contributed by atoms with Crippen LogP contribution in [0.5, 0.6) is 5.75 Å². The van der Waals surface area contributed by atoms with Crippen LogP contribution in [0.15, 0.2) is 41.3 Å². The molecular weight excluding hydrogens is 529 g/mol. The zero-order chi connectivity index (χ0) is 28.0. The molecule has 1 aromatic heterocycles. The fourth-order valence-electron chi connectivity index (χ4n) is 4.49. The third-order valence-corrected chi connectivity index (χ3v) is 7.95. The number of halogens is 2. The number of alkyl halides is 1. The number of nitrogen functional groups attached to an aromatic ring is 1. The average Bonchev–Trinajstić information content (AvgIpc) is 3.33. The molecule has 1 saturated heterocycles. The molecule has 12 nitrogen and oxygen atoms in total. The Labute approximate surface area is 216 Å². The van der Waals surface area contributed by atoms with E-state index in [4.69, 9.17) is 24.3 Å². The van der Waals surface area contributed by atoms with Crippen LogP contribution in [0, 0.1) is 11.7 Å². The summed E-state index contributed by atoms with van der Waals surface area (Å²) in [6.45, 7) is 5.08. The number of fused-ring (bicyclic) bond motifs is 1. The topological polar surface area (TPSA) is 164 Å². The Bertz CT molecular complexity index is 1310. The lowest BCUT2D eigenvalue weighted by Gasteiger charge is -2.29. The van der Waals surface area contributed by atoms with Gasteiger partial charge >= 0.3 is 19.4 Å². The fourth-order valence-corrected chi connectivity index (χ4v) is 6.02. The third kappa shape index (κ3) is 5.19. The fraction of sp³-hybridized carbons (Fsp3) is 0.522. The molecule has 2 aliphatic rings. The van der Waals surface area contributed by atoms with E-state index in [9.17, 15) is 23.7 Å². The van der Waals surface area contributed by atoms with Gasteiger partial charge in [0, 0.05) is 0 Å². The van der Waals surface area contributed by atoms with E-state index < -0.39 is 79.3 Å². The number of carbonyl (C=O) groups excluding carboxylic acids is 1. The van der Waals surface area contributed by atoms with Crippen molar-refractivity contribution in [2.75, 3.05) is 12.3 Å². The van der Waals surface area contributed by atoms with Crippen molar-refractivity contribution in [3.8, 4) is 5.75 Å². The predicted molar refractivity (Wildman–Crippen MR) is 129 cm³/mol. The lowest BCUT2D eigenvalue weighted by molar-refractivity contribution is -0.149. The summed E-state index contributed by atoms with van der Waals surface area (Å²) >= 11 is 0. The number of esters is 1. The minimum atomic E-state index is -4.37. The van der Waals surface area contributed by atoms with Crippen molar-refractivity contribution in [3.63, 3.8) is 0 Å². The summed E-state index contributed by atoms with van der Waals surface area (Å²) in [6, 6.07) is 6.79. The molecule has 1 aromatic carbocycles. The molecule has 38 heavy (non-hydrogen) atoms. The summed E-state index contributed by atoms with van der Waals surface area (Å²) in [6.07, 6.45) is -2.89. The smallest absolute Gasteiger partial charge is 0.459 e. The summed E-state index contributed by atoms with van der Waals surface area (Å²) in [7, 11) is -4.37. The van der Waals surface area contributed by atoms with E-state index in [1.807, 2.05) is 0 Å². The number of aromatic nitrogens is 2. The number of hydrogen-bond acceptors (Lipinski definition) is 10. The van der Waals surface area contributed by atoms with Crippen LogP contribution in [0.1, 0.15) is 33.9 Å². The van der Waals surface area contributed by atoms with Crippen molar-refractivity contribution in [2.45, 2.75) is 63.4 Å². The Balaban J connectivity index is 1.58. The van der Waals surface area contributed by atoms with Crippen LogP contribution in [0.3, 0.4) is 0 Å². The van der Waals surface area contributed by atoms with Crippen LogP contribution in [-0.2, 0) is 23.4 Å². The number of carbonyl (C=O) groups is 1. The molecule has 4 rings (SSSR count). The van der Waals surface area contributed by atoms with Gasteiger partial charge in [-0.25, -0.2) is 18.1 Å². The summed E-state index contributed by atoms with van der Waals surface area (Å²) < 4.78 is 66.2. The van der Waals surface area contributed by atoms with E-state index in [1.165, 1.54) is 19.1 Å².